The lowest BCUT2D eigenvalue weighted by Crippen LogP contribution is -2.07. The van der Waals surface area contributed by atoms with E-state index < -0.39 is 0 Å². The zero-order chi connectivity index (χ0) is 11.9. The van der Waals surface area contributed by atoms with Crippen LogP contribution in [0.4, 0.5) is 0 Å². The summed E-state index contributed by atoms with van der Waals surface area (Å²) in [6.45, 7) is 0.808. The van der Waals surface area contributed by atoms with Crippen LogP contribution in [0.3, 0.4) is 0 Å². The van der Waals surface area contributed by atoms with Gasteiger partial charge in [0.1, 0.15) is 5.75 Å². The van der Waals surface area contributed by atoms with Crippen LogP contribution in [-0.4, -0.2) is 6.61 Å². The molecule has 2 aromatic carbocycles. The van der Waals surface area contributed by atoms with Crippen molar-refractivity contribution in [1.29, 1.82) is 0 Å². The molecule has 4 rings (SSSR count). The maximum atomic E-state index is 5.76. The monoisotopic (exact) mass is 234 g/mol. The van der Waals surface area contributed by atoms with Crippen LogP contribution >= 0.6 is 0 Å². The van der Waals surface area contributed by atoms with Gasteiger partial charge in [-0.3, -0.25) is 0 Å². The van der Waals surface area contributed by atoms with Crippen molar-refractivity contribution in [3.63, 3.8) is 0 Å². The number of benzene rings is 2. The fourth-order valence-corrected chi connectivity index (χ4v) is 3.09. The third kappa shape index (κ3) is 1.34. The third-order valence-corrected chi connectivity index (χ3v) is 3.88. The lowest BCUT2D eigenvalue weighted by molar-refractivity contribution is 0.317. The van der Waals surface area contributed by atoms with Crippen molar-refractivity contribution in [1.82, 2.24) is 0 Å². The molecule has 1 heterocycles. The van der Waals surface area contributed by atoms with Crippen LogP contribution in [0, 0.1) is 0 Å². The molecule has 2 aliphatic rings. The van der Waals surface area contributed by atoms with E-state index in [1.165, 1.54) is 27.8 Å². The lowest BCUT2D eigenvalue weighted by atomic mass is 9.97. The van der Waals surface area contributed by atoms with E-state index in [-0.39, 0.29) is 0 Å². The Balaban J connectivity index is 1.93. The molecule has 1 aliphatic carbocycles. The van der Waals surface area contributed by atoms with Crippen molar-refractivity contribution < 1.29 is 4.74 Å². The van der Waals surface area contributed by atoms with Gasteiger partial charge < -0.3 is 4.74 Å². The topological polar surface area (TPSA) is 9.23 Å². The molecule has 0 unspecified atom stereocenters. The molecular weight excluding hydrogens is 220 g/mol. The van der Waals surface area contributed by atoms with Crippen molar-refractivity contribution in [3.05, 3.63) is 65.2 Å². The molecule has 88 valence electrons. The van der Waals surface area contributed by atoms with E-state index in [1.54, 1.807) is 0 Å². The van der Waals surface area contributed by atoms with Crippen LogP contribution in [0.5, 0.6) is 5.75 Å². The molecule has 0 fully saturated rings. The molecule has 1 aliphatic heterocycles. The Bertz CT molecular complexity index is 638. The summed E-state index contributed by atoms with van der Waals surface area (Å²) in [5, 5.41) is 0. The Labute approximate surface area is 107 Å². The first-order valence-electron chi connectivity index (χ1n) is 6.46. The summed E-state index contributed by atoms with van der Waals surface area (Å²) < 4.78 is 5.76. The maximum absolute atomic E-state index is 5.76. The average molecular weight is 234 g/mol. The summed E-state index contributed by atoms with van der Waals surface area (Å²) in [6, 6.07) is 17.2. The van der Waals surface area contributed by atoms with Gasteiger partial charge in [-0.05, 0) is 34.8 Å². The van der Waals surface area contributed by atoms with E-state index in [1.807, 2.05) is 0 Å². The minimum atomic E-state index is 0.808. The molecule has 1 nitrogen and oxygen atoms in total. The van der Waals surface area contributed by atoms with Crippen LogP contribution in [0.15, 0.2) is 48.5 Å². The van der Waals surface area contributed by atoms with Crippen molar-refractivity contribution >= 4 is 11.1 Å². The van der Waals surface area contributed by atoms with Crippen LogP contribution < -0.4 is 4.74 Å². The van der Waals surface area contributed by atoms with Gasteiger partial charge in [0.2, 0.25) is 0 Å². The molecule has 0 N–H and O–H groups in total. The van der Waals surface area contributed by atoms with E-state index in [2.05, 4.69) is 48.5 Å². The van der Waals surface area contributed by atoms with Gasteiger partial charge in [0, 0.05) is 12.0 Å². The smallest absolute Gasteiger partial charge is 0.127 e. The quantitative estimate of drug-likeness (QED) is 0.726. The predicted molar refractivity (Wildman–Crippen MR) is 73.5 cm³/mol. The molecule has 0 spiro atoms. The molecular formula is C17H14O. The minimum absolute atomic E-state index is 0.808. The van der Waals surface area contributed by atoms with Crippen molar-refractivity contribution in [3.8, 4) is 5.75 Å². The van der Waals surface area contributed by atoms with E-state index >= 15 is 0 Å². The summed E-state index contributed by atoms with van der Waals surface area (Å²) in [5.74, 6) is 1.07. The number of ether oxygens (including phenoxy) is 1. The Morgan fingerprint density at radius 2 is 1.72 bits per heavy atom. The molecule has 0 amide bonds. The van der Waals surface area contributed by atoms with Crippen molar-refractivity contribution in [2.24, 2.45) is 0 Å². The Morgan fingerprint density at radius 3 is 2.61 bits per heavy atom. The van der Waals surface area contributed by atoms with E-state index in [4.69, 9.17) is 4.74 Å². The highest BCUT2D eigenvalue weighted by Crippen LogP contribution is 2.46. The molecule has 0 radical (unpaired) electrons. The number of hydrogen-bond acceptors (Lipinski definition) is 1. The third-order valence-electron chi connectivity index (χ3n) is 3.88. The number of hydrogen-bond donors (Lipinski definition) is 0. The Hall–Kier alpha value is -2.02. The first kappa shape index (κ1) is 9.95. The molecule has 18 heavy (non-hydrogen) atoms. The van der Waals surface area contributed by atoms with Gasteiger partial charge in [0.25, 0.3) is 0 Å². The minimum Gasteiger partial charge on any atom is -0.493 e. The van der Waals surface area contributed by atoms with Crippen LogP contribution in [0.2, 0.25) is 0 Å². The summed E-state index contributed by atoms with van der Waals surface area (Å²) in [4.78, 5) is 0. The van der Waals surface area contributed by atoms with Crippen LogP contribution in [-0.2, 0) is 6.42 Å². The van der Waals surface area contributed by atoms with Gasteiger partial charge in [-0.25, -0.2) is 0 Å². The Kier molecular flexibility index (Phi) is 2.07. The number of rotatable bonds is 1. The standard InChI is InChI=1S/C17H14O/c1-2-5-12(6-3-1)15-11-13-7-4-8-16-17(13)14(15)9-10-18-16/h1-8H,9-11H2. The molecule has 1 heteroatoms. The Morgan fingerprint density at radius 1 is 0.833 bits per heavy atom. The summed E-state index contributed by atoms with van der Waals surface area (Å²) in [6.07, 6.45) is 2.08. The van der Waals surface area contributed by atoms with E-state index in [0.29, 0.717) is 0 Å². The normalized spacial score (nSPS) is 16.4. The second-order valence-electron chi connectivity index (χ2n) is 4.89. The van der Waals surface area contributed by atoms with Gasteiger partial charge in [0.15, 0.2) is 0 Å². The summed E-state index contributed by atoms with van der Waals surface area (Å²) >= 11 is 0. The molecule has 0 bridgehead atoms. The summed E-state index contributed by atoms with van der Waals surface area (Å²) in [7, 11) is 0. The molecule has 2 aromatic rings. The predicted octanol–water partition coefficient (Wildman–Crippen LogP) is 3.94. The lowest BCUT2D eigenvalue weighted by Gasteiger charge is -2.19. The SMILES string of the molecule is c1ccc(C2=C3CCOc4cccc(c43)C2)cc1. The van der Waals surface area contributed by atoms with Gasteiger partial charge >= 0.3 is 0 Å². The summed E-state index contributed by atoms with van der Waals surface area (Å²) in [5.41, 5.74) is 7.12. The molecule has 0 saturated heterocycles. The molecule has 0 aromatic heterocycles. The fraction of sp³-hybridized carbons (Fsp3) is 0.176. The van der Waals surface area contributed by atoms with Crippen molar-refractivity contribution in [2.75, 3.05) is 6.61 Å². The fourth-order valence-electron chi connectivity index (χ4n) is 3.09. The van der Waals surface area contributed by atoms with Gasteiger partial charge in [-0.1, -0.05) is 42.5 Å². The maximum Gasteiger partial charge on any atom is 0.127 e. The second-order valence-corrected chi connectivity index (χ2v) is 4.89. The first-order chi connectivity index (χ1) is 8.93. The highest BCUT2D eigenvalue weighted by atomic mass is 16.5. The molecule has 0 atom stereocenters. The first-order valence-corrected chi connectivity index (χ1v) is 6.46. The van der Waals surface area contributed by atoms with Crippen LogP contribution in [0.1, 0.15) is 23.1 Å². The second kappa shape index (κ2) is 3.74. The highest BCUT2D eigenvalue weighted by Gasteiger charge is 2.28. The largest absolute Gasteiger partial charge is 0.493 e. The molecule has 0 saturated carbocycles. The van der Waals surface area contributed by atoms with Crippen LogP contribution in [0.25, 0.3) is 11.1 Å². The van der Waals surface area contributed by atoms with E-state index in [9.17, 15) is 0 Å². The highest BCUT2D eigenvalue weighted by molar-refractivity contribution is 5.99. The zero-order valence-corrected chi connectivity index (χ0v) is 10.1. The van der Waals surface area contributed by atoms with E-state index in [0.717, 1.165) is 25.2 Å². The zero-order valence-electron chi connectivity index (χ0n) is 10.1. The van der Waals surface area contributed by atoms with Gasteiger partial charge in [-0.2, -0.15) is 0 Å². The van der Waals surface area contributed by atoms with Gasteiger partial charge in [-0.15, -0.1) is 0 Å². The van der Waals surface area contributed by atoms with Crippen molar-refractivity contribution in [2.45, 2.75) is 12.8 Å². The number of allylic oxidation sites excluding steroid dienone is 1. The van der Waals surface area contributed by atoms with Gasteiger partial charge in [0.05, 0.1) is 6.61 Å². The average Bonchev–Trinajstić information content (AvgIpc) is 2.82.